The number of sulfonamides is 1. The van der Waals surface area contributed by atoms with Gasteiger partial charge >= 0.3 is 0 Å². The van der Waals surface area contributed by atoms with Crippen molar-refractivity contribution in [3.8, 4) is 11.3 Å². The van der Waals surface area contributed by atoms with Crippen molar-refractivity contribution in [3.63, 3.8) is 0 Å². The zero-order chi connectivity index (χ0) is 29.3. The van der Waals surface area contributed by atoms with Crippen molar-refractivity contribution in [1.82, 2.24) is 14.6 Å². The van der Waals surface area contributed by atoms with E-state index in [9.17, 15) is 13.2 Å². The van der Waals surface area contributed by atoms with Crippen LogP contribution in [0, 0.1) is 12.8 Å². The van der Waals surface area contributed by atoms with Gasteiger partial charge in [0.15, 0.2) is 0 Å². The lowest BCUT2D eigenvalue weighted by Crippen LogP contribution is -2.41. The van der Waals surface area contributed by atoms with E-state index in [1.54, 1.807) is 6.07 Å². The van der Waals surface area contributed by atoms with Crippen LogP contribution in [0.5, 0.6) is 0 Å². The highest BCUT2D eigenvalue weighted by Gasteiger charge is 2.30. The van der Waals surface area contributed by atoms with Crippen molar-refractivity contribution in [1.29, 1.82) is 0 Å². The Hall–Kier alpha value is -2.16. The van der Waals surface area contributed by atoms with Gasteiger partial charge < -0.3 is 14.6 Å². The molecule has 1 amide bonds. The molecule has 0 bridgehead atoms. The molecule has 1 saturated carbocycles. The van der Waals surface area contributed by atoms with Crippen molar-refractivity contribution in [2.24, 2.45) is 5.92 Å². The van der Waals surface area contributed by atoms with Crippen molar-refractivity contribution in [3.05, 3.63) is 41.1 Å². The van der Waals surface area contributed by atoms with Gasteiger partial charge in [0, 0.05) is 42.7 Å². The Morgan fingerprint density at radius 2 is 1.62 bits per heavy atom. The van der Waals surface area contributed by atoms with Gasteiger partial charge in [0.2, 0.25) is 10.0 Å². The Morgan fingerprint density at radius 3 is 2.23 bits per heavy atom. The molecule has 0 spiro atoms. The van der Waals surface area contributed by atoms with E-state index in [-0.39, 0.29) is 11.9 Å². The monoisotopic (exact) mass is 571 g/mol. The first-order valence-electron chi connectivity index (χ1n) is 14.9. The topological polar surface area (TPSA) is 89.4 Å². The predicted molar refractivity (Wildman–Crippen MR) is 161 cm³/mol. The first-order valence-corrected chi connectivity index (χ1v) is 16.4. The highest BCUT2D eigenvalue weighted by molar-refractivity contribution is 7.89. The molecule has 222 valence electrons. The lowest BCUT2D eigenvalue weighted by molar-refractivity contribution is 0.0696. The summed E-state index contributed by atoms with van der Waals surface area (Å²) in [6.45, 7) is 15.9. The molecule has 1 aliphatic carbocycles. The second kappa shape index (κ2) is 12.0. The summed E-state index contributed by atoms with van der Waals surface area (Å²) in [5, 5.41) is 3.24. The van der Waals surface area contributed by atoms with Gasteiger partial charge in [-0.1, -0.05) is 46.1 Å². The normalized spacial score (nSPS) is 18.2. The number of carbonyl (C=O) groups is 1. The number of carbonyl (C=O) groups excluding carboxylic acids is 1. The molecule has 2 aliphatic rings. The van der Waals surface area contributed by atoms with Gasteiger partial charge in [0.1, 0.15) is 0 Å². The summed E-state index contributed by atoms with van der Waals surface area (Å²) < 4.78 is 37.5. The fraction of sp³-hybridized carbons (Fsp3) is 0.656. The molecule has 7 nitrogen and oxygen atoms in total. The molecule has 2 N–H and O–H groups in total. The van der Waals surface area contributed by atoms with Crippen LogP contribution in [-0.4, -0.2) is 43.7 Å². The number of nitrogens with one attached hydrogen (secondary N) is 2. The van der Waals surface area contributed by atoms with Crippen molar-refractivity contribution in [2.45, 2.75) is 122 Å². The molecular weight excluding hydrogens is 522 g/mol. The maximum Gasteiger partial charge on any atom is 0.253 e. The quantitative estimate of drug-likeness (QED) is 0.407. The van der Waals surface area contributed by atoms with Crippen LogP contribution in [-0.2, 0) is 26.7 Å². The Bertz CT molecular complexity index is 1300. The summed E-state index contributed by atoms with van der Waals surface area (Å²) in [7, 11) is -3.73. The molecule has 1 aliphatic heterocycles. The van der Waals surface area contributed by atoms with E-state index < -0.39 is 21.0 Å². The van der Waals surface area contributed by atoms with Gasteiger partial charge in [0.25, 0.3) is 5.91 Å². The van der Waals surface area contributed by atoms with Crippen LogP contribution in [0.25, 0.3) is 11.3 Å². The molecule has 0 atom stereocenters. The average molecular weight is 572 g/mol. The van der Waals surface area contributed by atoms with Crippen LogP contribution in [0.3, 0.4) is 0 Å². The van der Waals surface area contributed by atoms with Crippen LogP contribution in [0.1, 0.15) is 108 Å². The number of hydrogen-bond acceptors (Lipinski definition) is 4. The van der Waals surface area contributed by atoms with Crippen molar-refractivity contribution in [2.75, 3.05) is 13.2 Å². The Balaban J connectivity index is 1.79. The number of nitrogens with zero attached hydrogens (tertiary/aromatic N) is 1. The molecule has 1 saturated heterocycles. The molecule has 2 heterocycles. The molecule has 2 fully saturated rings. The van der Waals surface area contributed by atoms with E-state index in [4.69, 9.17) is 4.74 Å². The molecule has 4 rings (SSSR count). The molecule has 0 unspecified atom stereocenters. The van der Waals surface area contributed by atoms with Gasteiger partial charge in [-0.15, -0.1) is 0 Å². The zero-order valence-corrected chi connectivity index (χ0v) is 26.3. The third-order valence-corrected chi connectivity index (χ3v) is 9.96. The highest BCUT2D eigenvalue weighted by Crippen LogP contribution is 2.36. The van der Waals surface area contributed by atoms with E-state index >= 15 is 0 Å². The third-order valence-electron chi connectivity index (χ3n) is 8.15. The second-order valence-corrected chi connectivity index (χ2v) is 15.5. The summed E-state index contributed by atoms with van der Waals surface area (Å²) >= 11 is 0. The Labute approximate surface area is 241 Å². The third kappa shape index (κ3) is 7.37. The Kier molecular flexibility index (Phi) is 9.22. The maximum atomic E-state index is 13.5. The molecule has 1 aromatic carbocycles. The first-order chi connectivity index (χ1) is 18.7. The minimum atomic E-state index is -3.73. The van der Waals surface area contributed by atoms with Crippen LogP contribution in [0.15, 0.2) is 29.2 Å². The van der Waals surface area contributed by atoms with Crippen molar-refractivity contribution < 1.29 is 17.9 Å². The highest BCUT2D eigenvalue weighted by atomic mass is 32.2. The molecule has 1 aromatic heterocycles. The number of aromatic nitrogens is 1. The minimum absolute atomic E-state index is 0.0438. The standard InChI is InChI=1S/C32H49N3O4S/c1-22-26(30(36)33-25-15-17-39-18-16-25)20-28(35(22)21-23-11-9-8-10-12-23)24-13-14-29(27(19-24)31(2,3)4)40(37,38)34-32(5,6)7/h13-14,19-20,23,25,34H,8-12,15-18,21H2,1-7H3,(H,33,36). The number of hydrogen-bond donors (Lipinski definition) is 2. The minimum Gasteiger partial charge on any atom is -0.381 e. The van der Waals surface area contributed by atoms with Crippen LogP contribution in [0.2, 0.25) is 0 Å². The lowest BCUT2D eigenvalue weighted by atomic mass is 9.85. The van der Waals surface area contributed by atoms with E-state index in [1.807, 2.05) is 66.7 Å². The van der Waals surface area contributed by atoms with Gasteiger partial charge in [-0.05, 0) is 94.0 Å². The molecular formula is C32H49N3O4S. The largest absolute Gasteiger partial charge is 0.381 e. The van der Waals surface area contributed by atoms with Gasteiger partial charge in [0.05, 0.1) is 10.5 Å². The molecule has 40 heavy (non-hydrogen) atoms. The zero-order valence-electron chi connectivity index (χ0n) is 25.5. The number of ether oxygens (including phenoxy) is 1. The van der Waals surface area contributed by atoms with Crippen LogP contribution in [0.4, 0.5) is 0 Å². The van der Waals surface area contributed by atoms with E-state index in [2.05, 4.69) is 14.6 Å². The van der Waals surface area contributed by atoms with E-state index in [1.165, 1.54) is 32.1 Å². The average Bonchev–Trinajstić information content (AvgIpc) is 3.19. The van der Waals surface area contributed by atoms with Gasteiger partial charge in [-0.3, -0.25) is 4.79 Å². The van der Waals surface area contributed by atoms with Crippen LogP contribution < -0.4 is 10.0 Å². The maximum absolute atomic E-state index is 13.5. The van der Waals surface area contributed by atoms with Gasteiger partial charge in [-0.2, -0.15) is 0 Å². The van der Waals surface area contributed by atoms with E-state index in [0.29, 0.717) is 29.6 Å². The molecule has 0 radical (unpaired) electrons. The summed E-state index contributed by atoms with van der Waals surface area (Å²) in [4.78, 5) is 13.8. The fourth-order valence-corrected chi connectivity index (χ4v) is 7.87. The van der Waals surface area contributed by atoms with Crippen LogP contribution >= 0.6 is 0 Å². The summed E-state index contributed by atoms with van der Waals surface area (Å²) in [6, 6.07) is 7.79. The first kappa shape index (κ1) is 30.8. The number of rotatable bonds is 7. The lowest BCUT2D eigenvalue weighted by Gasteiger charge is -2.27. The summed E-state index contributed by atoms with van der Waals surface area (Å²) in [5.41, 5.74) is 3.33. The Morgan fingerprint density at radius 1 is 0.975 bits per heavy atom. The second-order valence-electron chi connectivity index (χ2n) is 13.8. The molecule has 8 heteroatoms. The van der Waals surface area contributed by atoms with Gasteiger partial charge in [-0.25, -0.2) is 13.1 Å². The number of amides is 1. The summed E-state index contributed by atoms with van der Waals surface area (Å²) in [5.74, 6) is 0.528. The predicted octanol–water partition coefficient (Wildman–Crippen LogP) is 6.33. The SMILES string of the molecule is Cc1c(C(=O)NC2CCOCC2)cc(-c2ccc(S(=O)(=O)NC(C)(C)C)c(C(C)(C)C)c2)n1CC1CCCCC1. The number of benzene rings is 1. The van der Waals surface area contributed by atoms with E-state index in [0.717, 1.165) is 41.9 Å². The fourth-order valence-electron chi connectivity index (χ4n) is 6.05. The summed E-state index contributed by atoms with van der Waals surface area (Å²) in [6.07, 6.45) is 7.84. The smallest absolute Gasteiger partial charge is 0.253 e. The van der Waals surface area contributed by atoms with Crippen molar-refractivity contribution >= 4 is 15.9 Å². The molecule has 2 aromatic rings.